The largest absolute Gasteiger partial charge is 0.348 e. The topological polar surface area (TPSA) is 125 Å². The SMILES string of the molecule is CC(=O)Nc1ccccc1[As](=O)(O)OO.Cc1nc[nH]c1C. The van der Waals surface area contributed by atoms with Crippen molar-refractivity contribution in [2.45, 2.75) is 20.8 Å². The number of carbonyl (C=O) groups is 1. The third-order valence-electron chi connectivity index (χ3n) is 2.71. The van der Waals surface area contributed by atoms with Crippen LogP contribution in [0.5, 0.6) is 0 Å². The molecular weight excluding hydrogens is 353 g/mol. The van der Waals surface area contributed by atoms with Crippen molar-refractivity contribution in [1.29, 1.82) is 0 Å². The molecule has 120 valence electrons. The number of benzene rings is 1. The molecule has 0 saturated heterocycles. The summed E-state index contributed by atoms with van der Waals surface area (Å²) in [5, 5.41) is 10.7. The molecule has 1 aromatic heterocycles. The van der Waals surface area contributed by atoms with Crippen molar-refractivity contribution in [3.8, 4) is 0 Å². The minimum Gasteiger partial charge on any atom is -0.348 e. The fourth-order valence-electron chi connectivity index (χ4n) is 1.49. The number of amides is 1. The zero-order valence-electron chi connectivity index (χ0n) is 12.4. The van der Waals surface area contributed by atoms with Crippen molar-refractivity contribution >= 4 is 30.1 Å². The number of H-pyrrole nitrogens is 1. The molecule has 0 radical (unpaired) electrons. The first-order valence-electron chi connectivity index (χ1n) is 6.27. The van der Waals surface area contributed by atoms with Gasteiger partial charge in [0, 0.05) is 5.69 Å². The van der Waals surface area contributed by atoms with Crippen LogP contribution < -0.4 is 9.67 Å². The first kappa shape index (κ1) is 18.2. The molecule has 4 N–H and O–H groups in total. The van der Waals surface area contributed by atoms with Crippen molar-refractivity contribution < 1.29 is 21.8 Å². The molecule has 0 aliphatic heterocycles. The first-order valence-corrected chi connectivity index (χ1v) is 9.58. The predicted octanol–water partition coefficient (Wildman–Crippen LogP) is 0.730. The molecule has 1 aromatic carbocycles. The van der Waals surface area contributed by atoms with Gasteiger partial charge in [0.25, 0.3) is 0 Å². The van der Waals surface area contributed by atoms with Crippen LogP contribution in [0.15, 0.2) is 30.6 Å². The zero-order chi connectivity index (χ0) is 16.8. The summed E-state index contributed by atoms with van der Waals surface area (Å²) in [6.45, 7) is 5.25. The van der Waals surface area contributed by atoms with Crippen LogP contribution in [0, 0.1) is 13.8 Å². The van der Waals surface area contributed by atoms with Crippen LogP contribution in [-0.4, -0.2) is 39.4 Å². The number of hydrogen-bond donors (Lipinski definition) is 4. The molecular formula is C13H18AsN3O5. The zero-order valence-corrected chi connectivity index (χ0v) is 14.3. The molecule has 2 rings (SSSR count). The van der Waals surface area contributed by atoms with Crippen LogP contribution in [0.1, 0.15) is 18.3 Å². The van der Waals surface area contributed by atoms with E-state index in [1.807, 2.05) is 13.8 Å². The Labute approximate surface area is 130 Å². The smallest absolute Gasteiger partial charge is 0.0925 e. The second-order valence-corrected chi connectivity index (χ2v) is 7.95. The van der Waals surface area contributed by atoms with Gasteiger partial charge < -0.3 is 4.98 Å². The summed E-state index contributed by atoms with van der Waals surface area (Å²) in [4.78, 5) is 17.7. The summed E-state index contributed by atoms with van der Waals surface area (Å²) in [5.41, 5.74) is 2.39. The van der Waals surface area contributed by atoms with Crippen LogP contribution in [0.25, 0.3) is 0 Å². The summed E-state index contributed by atoms with van der Waals surface area (Å²) in [6, 6.07) is 5.84. The van der Waals surface area contributed by atoms with Crippen molar-refractivity contribution in [2.24, 2.45) is 0 Å². The number of nitrogens with one attached hydrogen (secondary N) is 2. The minimum absolute atomic E-state index is 0.103. The second kappa shape index (κ2) is 7.95. The maximum absolute atomic E-state index is 11.4. The molecule has 0 aliphatic rings. The molecule has 0 fully saturated rings. The Hall–Kier alpha value is -1.86. The summed E-state index contributed by atoms with van der Waals surface area (Å²) in [5.74, 6) is -0.379. The van der Waals surface area contributed by atoms with Crippen LogP contribution in [0.2, 0.25) is 0 Å². The first-order chi connectivity index (χ1) is 10.3. The average Bonchev–Trinajstić information content (AvgIpc) is 2.83. The van der Waals surface area contributed by atoms with Gasteiger partial charge in [0.1, 0.15) is 0 Å². The molecule has 1 atom stereocenters. The number of para-hydroxylation sites is 1. The minimum atomic E-state index is -4.92. The third kappa shape index (κ3) is 5.16. The number of imidazole rings is 1. The fraction of sp³-hybridized carbons (Fsp3) is 0.231. The van der Waals surface area contributed by atoms with Gasteiger partial charge in [-0.15, -0.1) is 0 Å². The van der Waals surface area contributed by atoms with Gasteiger partial charge >= 0.3 is 88.4 Å². The normalized spacial score (nSPS) is 12.8. The molecule has 1 unspecified atom stereocenters. The van der Waals surface area contributed by atoms with Gasteiger partial charge in [0.15, 0.2) is 0 Å². The van der Waals surface area contributed by atoms with Gasteiger partial charge in [0.2, 0.25) is 0 Å². The number of nitrogens with zero attached hydrogens (tertiary/aromatic N) is 1. The number of hydrogen-bond acceptors (Lipinski definition) is 5. The number of rotatable bonds is 3. The standard InChI is InChI=1S/C8H10AsNO5.C5H8N2/c1-6(11)10-8-5-3-2-4-7(8)9(12,13)15-14;1-4-5(2)7-3-6-4/h2-5,14H,1H3,(H,10,11)(H,12,13);3H,1-2H3,(H,6,7). The van der Waals surface area contributed by atoms with Crippen molar-refractivity contribution in [3.05, 3.63) is 42.0 Å². The Morgan fingerprint density at radius 2 is 2.00 bits per heavy atom. The number of aryl methyl sites for hydroxylation is 2. The molecule has 0 saturated carbocycles. The molecule has 0 bridgehead atoms. The predicted molar refractivity (Wildman–Crippen MR) is 80.8 cm³/mol. The molecule has 0 spiro atoms. The third-order valence-corrected chi connectivity index (χ3v) is 5.27. The Kier molecular flexibility index (Phi) is 6.57. The number of anilines is 1. The molecule has 1 heterocycles. The molecule has 1 amide bonds. The molecule has 2 aromatic rings. The molecule has 9 heteroatoms. The van der Waals surface area contributed by atoms with Gasteiger partial charge in [-0.05, 0) is 13.8 Å². The summed E-state index contributed by atoms with van der Waals surface area (Å²) < 4.78 is 24.1. The summed E-state index contributed by atoms with van der Waals surface area (Å²) in [7, 11) is 0. The van der Waals surface area contributed by atoms with E-state index in [4.69, 9.17) is 5.26 Å². The molecule has 0 aliphatic carbocycles. The van der Waals surface area contributed by atoms with E-state index in [0.717, 1.165) is 11.4 Å². The fourth-order valence-corrected chi connectivity index (χ4v) is 3.16. The summed E-state index contributed by atoms with van der Waals surface area (Å²) >= 11 is -4.92. The van der Waals surface area contributed by atoms with Crippen LogP contribution >= 0.6 is 0 Å². The number of carbonyl (C=O) groups excluding carboxylic acids is 1. The molecule has 22 heavy (non-hydrogen) atoms. The van der Waals surface area contributed by atoms with Gasteiger partial charge in [-0.1, -0.05) is 0 Å². The van der Waals surface area contributed by atoms with Crippen LogP contribution in [-0.2, 0) is 12.4 Å². The van der Waals surface area contributed by atoms with Gasteiger partial charge in [-0.2, -0.15) is 0 Å². The Morgan fingerprint density at radius 3 is 2.41 bits per heavy atom. The van der Waals surface area contributed by atoms with E-state index in [1.54, 1.807) is 12.4 Å². The quantitative estimate of drug-likeness (QED) is 0.358. The van der Waals surface area contributed by atoms with E-state index in [-0.39, 0.29) is 15.9 Å². The van der Waals surface area contributed by atoms with Crippen molar-refractivity contribution in [1.82, 2.24) is 9.97 Å². The van der Waals surface area contributed by atoms with Crippen LogP contribution in [0.3, 0.4) is 0 Å². The second-order valence-electron chi connectivity index (χ2n) is 4.41. The van der Waals surface area contributed by atoms with Crippen LogP contribution in [0.4, 0.5) is 5.69 Å². The Bertz CT molecular complexity index is 669. The van der Waals surface area contributed by atoms with E-state index < -0.39 is 14.2 Å². The number of aromatic amines is 1. The van der Waals surface area contributed by atoms with E-state index in [0.29, 0.717) is 0 Å². The monoisotopic (exact) mass is 371 g/mol. The van der Waals surface area contributed by atoms with E-state index in [1.165, 1.54) is 25.1 Å². The van der Waals surface area contributed by atoms with Gasteiger partial charge in [0.05, 0.1) is 12.0 Å². The number of aromatic nitrogens is 2. The van der Waals surface area contributed by atoms with Gasteiger partial charge in [-0.3, -0.25) is 0 Å². The maximum Gasteiger partial charge on any atom is 0.0925 e. The Balaban J connectivity index is 0.000000287. The van der Waals surface area contributed by atoms with E-state index in [2.05, 4.69) is 19.2 Å². The summed E-state index contributed by atoms with van der Waals surface area (Å²) in [6.07, 6.45) is 1.70. The maximum atomic E-state index is 11.4. The van der Waals surface area contributed by atoms with Crippen molar-refractivity contribution in [2.75, 3.05) is 5.32 Å². The van der Waals surface area contributed by atoms with E-state index in [9.17, 15) is 12.6 Å². The Morgan fingerprint density at radius 1 is 1.36 bits per heavy atom. The van der Waals surface area contributed by atoms with Gasteiger partial charge in [-0.25, -0.2) is 4.98 Å². The average molecular weight is 371 g/mol. The molecule has 8 nitrogen and oxygen atoms in total. The van der Waals surface area contributed by atoms with E-state index >= 15 is 0 Å². The van der Waals surface area contributed by atoms with Crippen molar-refractivity contribution in [3.63, 3.8) is 0 Å².